The van der Waals surface area contributed by atoms with Gasteiger partial charge in [-0.3, -0.25) is 9.59 Å². The van der Waals surface area contributed by atoms with E-state index in [1.54, 1.807) is 20.8 Å². The Hall–Kier alpha value is -1.84. The van der Waals surface area contributed by atoms with Crippen LogP contribution in [-0.2, 0) is 9.59 Å². The zero-order valence-electron chi connectivity index (χ0n) is 11.9. The van der Waals surface area contributed by atoms with Crippen molar-refractivity contribution in [2.75, 3.05) is 11.4 Å². The number of hydrogen-bond acceptors (Lipinski definition) is 2. The summed E-state index contributed by atoms with van der Waals surface area (Å²) in [6, 6.07) is 9.14. The van der Waals surface area contributed by atoms with Crippen LogP contribution in [0.25, 0.3) is 0 Å². The van der Waals surface area contributed by atoms with E-state index >= 15 is 0 Å². The first-order valence-corrected chi connectivity index (χ1v) is 6.38. The molecule has 0 heterocycles. The van der Waals surface area contributed by atoms with Crippen molar-refractivity contribution in [1.29, 1.82) is 0 Å². The molecule has 1 unspecified atom stereocenters. The molecule has 4 nitrogen and oxygen atoms in total. The third kappa shape index (κ3) is 3.56. The minimum Gasteiger partial charge on any atom is -0.481 e. The first-order chi connectivity index (χ1) is 8.79. The standard InChI is InChI=1S/C15H21NO3/c1-5-16(11-9-7-6-8-10-11)13(17)12(14(18)19)15(2,3)4/h6-10,12H,5H2,1-4H3,(H,18,19). The summed E-state index contributed by atoms with van der Waals surface area (Å²) in [5, 5.41) is 9.32. The van der Waals surface area contributed by atoms with Gasteiger partial charge in [0.1, 0.15) is 5.92 Å². The molecule has 0 aliphatic rings. The summed E-state index contributed by atoms with van der Waals surface area (Å²) < 4.78 is 0. The van der Waals surface area contributed by atoms with Gasteiger partial charge in [-0.15, -0.1) is 0 Å². The summed E-state index contributed by atoms with van der Waals surface area (Å²) in [4.78, 5) is 25.4. The summed E-state index contributed by atoms with van der Waals surface area (Å²) in [6.07, 6.45) is 0. The molecule has 104 valence electrons. The van der Waals surface area contributed by atoms with Crippen molar-refractivity contribution in [3.63, 3.8) is 0 Å². The van der Waals surface area contributed by atoms with Crippen molar-refractivity contribution in [3.05, 3.63) is 30.3 Å². The van der Waals surface area contributed by atoms with Crippen LogP contribution in [0, 0.1) is 11.3 Å². The molecule has 0 fully saturated rings. The molecule has 1 atom stereocenters. The van der Waals surface area contributed by atoms with E-state index in [2.05, 4.69) is 0 Å². The van der Waals surface area contributed by atoms with Gasteiger partial charge >= 0.3 is 5.97 Å². The van der Waals surface area contributed by atoms with Crippen LogP contribution in [0.3, 0.4) is 0 Å². The number of para-hydroxylation sites is 1. The average molecular weight is 263 g/mol. The first-order valence-electron chi connectivity index (χ1n) is 6.38. The van der Waals surface area contributed by atoms with Gasteiger partial charge in [-0.2, -0.15) is 0 Å². The Morgan fingerprint density at radius 3 is 2.11 bits per heavy atom. The van der Waals surface area contributed by atoms with Crippen molar-refractivity contribution in [2.45, 2.75) is 27.7 Å². The second-order valence-electron chi connectivity index (χ2n) is 5.56. The SMILES string of the molecule is CCN(C(=O)C(C(=O)O)C(C)(C)C)c1ccccc1. The second-order valence-corrected chi connectivity index (χ2v) is 5.56. The lowest BCUT2D eigenvalue weighted by Gasteiger charge is -2.31. The Bertz CT molecular complexity index is 448. The van der Waals surface area contributed by atoms with E-state index in [1.165, 1.54) is 4.90 Å². The highest BCUT2D eigenvalue weighted by Gasteiger charge is 2.40. The summed E-state index contributed by atoms with van der Waals surface area (Å²) in [6.45, 7) is 7.59. The number of anilines is 1. The van der Waals surface area contributed by atoms with Crippen molar-refractivity contribution in [1.82, 2.24) is 0 Å². The van der Waals surface area contributed by atoms with E-state index in [0.29, 0.717) is 6.54 Å². The van der Waals surface area contributed by atoms with E-state index < -0.39 is 17.3 Å². The number of carboxylic acid groups (broad SMARTS) is 1. The maximum Gasteiger partial charge on any atom is 0.316 e. The highest BCUT2D eigenvalue weighted by Crippen LogP contribution is 2.29. The molecular weight excluding hydrogens is 242 g/mol. The molecule has 19 heavy (non-hydrogen) atoms. The molecule has 1 rings (SSSR count). The van der Waals surface area contributed by atoms with Gasteiger partial charge < -0.3 is 10.0 Å². The molecule has 0 bridgehead atoms. The first kappa shape index (κ1) is 15.2. The number of benzene rings is 1. The zero-order valence-corrected chi connectivity index (χ0v) is 11.9. The molecule has 1 amide bonds. The Morgan fingerprint density at radius 2 is 1.74 bits per heavy atom. The topological polar surface area (TPSA) is 57.6 Å². The minimum absolute atomic E-state index is 0.367. The molecule has 1 aromatic carbocycles. The van der Waals surface area contributed by atoms with Crippen LogP contribution >= 0.6 is 0 Å². The van der Waals surface area contributed by atoms with Crippen LogP contribution < -0.4 is 4.90 Å². The third-order valence-corrected chi connectivity index (χ3v) is 3.01. The lowest BCUT2D eigenvalue weighted by Crippen LogP contribution is -2.45. The second kappa shape index (κ2) is 5.87. The lowest BCUT2D eigenvalue weighted by atomic mass is 9.79. The number of carbonyl (C=O) groups excluding carboxylic acids is 1. The Labute approximate surface area is 114 Å². The van der Waals surface area contributed by atoms with E-state index in [-0.39, 0.29) is 5.91 Å². The van der Waals surface area contributed by atoms with E-state index in [9.17, 15) is 14.7 Å². The number of carbonyl (C=O) groups is 2. The molecule has 4 heteroatoms. The van der Waals surface area contributed by atoms with Crippen LogP contribution in [-0.4, -0.2) is 23.5 Å². The molecule has 0 saturated carbocycles. The quantitative estimate of drug-likeness (QED) is 0.850. The van der Waals surface area contributed by atoms with Crippen LogP contribution in [0.1, 0.15) is 27.7 Å². The maximum atomic E-state index is 12.5. The zero-order chi connectivity index (χ0) is 14.6. The number of rotatable bonds is 4. The number of nitrogens with zero attached hydrogens (tertiary/aromatic N) is 1. The van der Waals surface area contributed by atoms with Gasteiger partial charge in [0, 0.05) is 12.2 Å². The van der Waals surface area contributed by atoms with Crippen LogP contribution in [0.15, 0.2) is 30.3 Å². The fourth-order valence-corrected chi connectivity index (χ4v) is 2.08. The monoisotopic (exact) mass is 263 g/mol. The number of hydrogen-bond donors (Lipinski definition) is 1. The summed E-state index contributed by atoms with van der Waals surface area (Å²) in [7, 11) is 0. The van der Waals surface area contributed by atoms with Crippen molar-refractivity contribution in [2.24, 2.45) is 11.3 Å². The largest absolute Gasteiger partial charge is 0.481 e. The van der Waals surface area contributed by atoms with Crippen molar-refractivity contribution in [3.8, 4) is 0 Å². The van der Waals surface area contributed by atoms with Gasteiger partial charge in [0.05, 0.1) is 0 Å². The van der Waals surface area contributed by atoms with Gasteiger partial charge in [0.25, 0.3) is 0 Å². The maximum absolute atomic E-state index is 12.5. The number of carboxylic acids is 1. The molecule has 0 aromatic heterocycles. The van der Waals surface area contributed by atoms with Gasteiger partial charge in [0.15, 0.2) is 0 Å². The number of aliphatic carboxylic acids is 1. The van der Waals surface area contributed by atoms with Crippen molar-refractivity contribution >= 4 is 17.6 Å². The van der Waals surface area contributed by atoms with E-state index in [0.717, 1.165) is 5.69 Å². The third-order valence-electron chi connectivity index (χ3n) is 3.01. The number of amides is 1. The van der Waals surface area contributed by atoms with Crippen LogP contribution in [0.2, 0.25) is 0 Å². The van der Waals surface area contributed by atoms with Crippen molar-refractivity contribution < 1.29 is 14.7 Å². The Balaban J connectivity index is 3.11. The minimum atomic E-state index is -1.08. The van der Waals surface area contributed by atoms with E-state index in [1.807, 2.05) is 37.3 Å². The normalized spacial score (nSPS) is 12.8. The highest BCUT2D eigenvalue weighted by molar-refractivity contribution is 6.06. The molecule has 0 radical (unpaired) electrons. The lowest BCUT2D eigenvalue weighted by molar-refractivity contribution is -0.150. The average Bonchev–Trinajstić information content (AvgIpc) is 2.28. The summed E-state index contributed by atoms with van der Waals surface area (Å²) in [5.41, 5.74) is 0.107. The fraction of sp³-hybridized carbons (Fsp3) is 0.467. The van der Waals surface area contributed by atoms with E-state index in [4.69, 9.17) is 0 Å². The predicted molar refractivity (Wildman–Crippen MR) is 75.0 cm³/mol. The molecule has 0 aliphatic heterocycles. The molecule has 0 saturated heterocycles. The molecule has 0 aliphatic carbocycles. The van der Waals surface area contributed by atoms with Crippen LogP contribution in [0.4, 0.5) is 5.69 Å². The fourth-order valence-electron chi connectivity index (χ4n) is 2.08. The summed E-state index contributed by atoms with van der Waals surface area (Å²) in [5.74, 6) is -2.49. The molecule has 1 aromatic rings. The van der Waals surface area contributed by atoms with Gasteiger partial charge in [0.2, 0.25) is 5.91 Å². The highest BCUT2D eigenvalue weighted by atomic mass is 16.4. The Morgan fingerprint density at radius 1 is 1.21 bits per heavy atom. The van der Waals surface area contributed by atoms with Gasteiger partial charge in [-0.25, -0.2) is 0 Å². The summed E-state index contributed by atoms with van der Waals surface area (Å²) >= 11 is 0. The smallest absolute Gasteiger partial charge is 0.316 e. The van der Waals surface area contributed by atoms with Gasteiger partial charge in [-0.1, -0.05) is 39.0 Å². The van der Waals surface area contributed by atoms with Gasteiger partial charge in [-0.05, 0) is 24.5 Å². The molecular formula is C15H21NO3. The van der Waals surface area contributed by atoms with Crippen LogP contribution in [0.5, 0.6) is 0 Å². The molecule has 1 N–H and O–H groups in total. The Kier molecular flexibility index (Phi) is 4.70. The predicted octanol–water partition coefficient (Wildman–Crippen LogP) is 2.79. The molecule has 0 spiro atoms.